The van der Waals surface area contributed by atoms with E-state index in [0.29, 0.717) is 24.4 Å². The third kappa shape index (κ3) is 3.64. The van der Waals surface area contributed by atoms with Gasteiger partial charge >= 0.3 is 0 Å². The van der Waals surface area contributed by atoms with E-state index in [1.54, 1.807) is 0 Å². The predicted octanol–water partition coefficient (Wildman–Crippen LogP) is 3.15. The lowest BCUT2D eigenvalue weighted by Gasteiger charge is -2.31. The molecule has 0 spiro atoms. The monoisotopic (exact) mass is 322 g/mol. The molecule has 2 saturated carbocycles. The molecule has 122 valence electrons. The molecule has 3 rings (SSSR count). The number of aryl methyl sites for hydroxylation is 1. The van der Waals surface area contributed by atoms with Crippen LogP contribution >= 0.6 is 12.4 Å². The molecule has 0 radical (unpaired) electrons. The smallest absolute Gasteiger partial charge is 0.223 e. The van der Waals surface area contributed by atoms with E-state index in [4.69, 9.17) is 5.73 Å². The van der Waals surface area contributed by atoms with Crippen LogP contribution in [0.4, 0.5) is 0 Å². The highest BCUT2D eigenvalue weighted by atomic mass is 35.5. The van der Waals surface area contributed by atoms with E-state index in [2.05, 4.69) is 36.5 Å². The number of rotatable bonds is 4. The highest BCUT2D eigenvalue weighted by Crippen LogP contribution is 2.48. The number of carbonyl (C=O) groups excluding carboxylic acids is 1. The van der Waals surface area contributed by atoms with Gasteiger partial charge in [0.05, 0.1) is 0 Å². The summed E-state index contributed by atoms with van der Waals surface area (Å²) in [5.41, 5.74) is 8.49. The lowest BCUT2D eigenvalue weighted by molar-refractivity contribution is -0.123. The molecule has 2 aliphatic rings. The van der Waals surface area contributed by atoms with E-state index in [1.165, 1.54) is 24.0 Å². The standard InChI is InChI=1S/C18H26N2O.ClH/c1-12-6-2-4-8-14(12)15-10-16(15)18(21)20-17-9-5-3-7-13(17)11-19;/h2,4,6,8,13,15-17H,3,5,7,9-11,19H2,1H3,(H,20,21);1H. The zero-order valence-corrected chi connectivity index (χ0v) is 14.1. The molecule has 0 aromatic heterocycles. The van der Waals surface area contributed by atoms with Crippen LogP contribution in [-0.4, -0.2) is 18.5 Å². The number of nitrogens with one attached hydrogen (secondary N) is 1. The van der Waals surface area contributed by atoms with Crippen LogP contribution in [-0.2, 0) is 4.79 Å². The zero-order valence-electron chi connectivity index (χ0n) is 13.3. The second-order valence-corrected chi connectivity index (χ2v) is 6.70. The maximum Gasteiger partial charge on any atom is 0.223 e. The third-order valence-corrected chi connectivity index (χ3v) is 5.25. The van der Waals surface area contributed by atoms with Crippen LogP contribution in [0.2, 0.25) is 0 Å². The Hall–Kier alpha value is -1.06. The minimum Gasteiger partial charge on any atom is -0.353 e. The van der Waals surface area contributed by atoms with Crippen LogP contribution in [0, 0.1) is 18.8 Å². The molecule has 4 unspecified atom stereocenters. The number of hydrogen-bond donors (Lipinski definition) is 2. The topological polar surface area (TPSA) is 55.1 Å². The first-order valence-electron chi connectivity index (χ1n) is 8.26. The Kier molecular flexibility index (Phi) is 5.87. The van der Waals surface area contributed by atoms with Gasteiger partial charge in [-0.3, -0.25) is 4.79 Å². The molecular formula is C18H27ClN2O. The van der Waals surface area contributed by atoms with E-state index >= 15 is 0 Å². The van der Waals surface area contributed by atoms with Gasteiger partial charge in [0.15, 0.2) is 0 Å². The van der Waals surface area contributed by atoms with Crippen molar-refractivity contribution in [3.8, 4) is 0 Å². The second-order valence-electron chi connectivity index (χ2n) is 6.70. The first-order valence-corrected chi connectivity index (χ1v) is 8.26. The van der Waals surface area contributed by atoms with Crippen LogP contribution < -0.4 is 11.1 Å². The summed E-state index contributed by atoms with van der Waals surface area (Å²) in [4.78, 5) is 12.5. The van der Waals surface area contributed by atoms with E-state index in [-0.39, 0.29) is 24.2 Å². The molecule has 0 bridgehead atoms. The number of amides is 1. The van der Waals surface area contributed by atoms with Crippen molar-refractivity contribution < 1.29 is 4.79 Å². The van der Waals surface area contributed by atoms with Crippen LogP contribution in [0.25, 0.3) is 0 Å². The molecule has 0 heterocycles. The van der Waals surface area contributed by atoms with Crippen molar-refractivity contribution in [2.75, 3.05) is 6.54 Å². The fourth-order valence-corrected chi connectivity index (χ4v) is 3.80. The van der Waals surface area contributed by atoms with Crippen molar-refractivity contribution in [1.29, 1.82) is 0 Å². The number of benzene rings is 1. The number of carbonyl (C=O) groups is 1. The van der Waals surface area contributed by atoms with E-state index < -0.39 is 0 Å². The SMILES string of the molecule is Cc1ccccc1C1CC1C(=O)NC1CCCCC1CN.Cl. The molecule has 1 aromatic carbocycles. The van der Waals surface area contributed by atoms with Crippen molar-refractivity contribution in [1.82, 2.24) is 5.32 Å². The molecule has 4 heteroatoms. The Morgan fingerprint density at radius 1 is 1.27 bits per heavy atom. The Morgan fingerprint density at radius 3 is 2.73 bits per heavy atom. The zero-order chi connectivity index (χ0) is 14.8. The van der Waals surface area contributed by atoms with E-state index in [1.807, 2.05) is 0 Å². The predicted molar refractivity (Wildman–Crippen MR) is 92.2 cm³/mol. The fraction of sp³-hybridized carbons (Fsp3) is 0.611. The normalized spacial score (nSPS) is 30.3. The minimum absolute atomic E-state index is 0. The lowest BCUT2D eigenvalue weighted by Crippen LogP contribution is -2.45. The molecule has 4 atom stereocenters. The summed E-state index contributed by atoms with van der Waals surface area (Å²) in [5, 5.41) is 3.28. The van der Waals surface area contributed by atoms with Gasteiger partial charge in [0.2, 0.25) is 5.91 Å². The van der Waals surface area contributed by atoms with Crippen molar-refractivity contribution in [3.63, 3.8) is 0 Å². The summed E-state index contributed by atoms with van der Waals surface area (Å²) in [6, 6.07) is 8.73. The average Bonchev–Trinajstić information content (AvgIpc) is 3.29. The summed E-state index contributed by atoms with van der Waals surface area (Å²) in [5.74, 6) is 1.31. The van der Waals surface area contributed by atoms with Gasteiger partial charge < -0.3 is 11.1 Å². The summed E-state index contributed by atoms with van der Waals surface area (Å²) >= 11 is 0. The molecule has 2 fully saturated rings. The number of nitrogens with two attached hydrogens (primary N) is 1. The first-order chi connectivity index (χ1) is 10.2. The minimum atomic E-state index is 0. The molecule has 22 heavy (non-hydrogen) atoms. The molecule has 2 aliphatic carbocycles. The van der Waals surface area contributed by atoms with Crippen molar-refractivity contribution >= 4 is 18.3 Å². The Labute approximate surface area is 139 Å². The van der Waals surface area contributed by atoms with Gasteiger partial charge in [-0.05, 0) is 55.7 Å². The largest absolute Gasteiger partial charge is 0.353 e. The van der Waals surface area contributed by atoms with Gasteiger partial charge in [0.25, 0.3) is 0 Å². The van der Waals surface area contributed by atoms with Gasteiger partial charge in [0.1, 0.15) is 0 Å². The quantitative estimate of drug-likeness (QED) is 0.894. The average molecular weight is 323 g/mol. The van der Waals surface area contributed by atoms with Gasteiger partial charge in [-0.15, -0.1) is 12.4 Å². The Morgan fingerprint density at radius 2 is 2.00 bits per heavy atom. The number of halogens is 1. The molecule has 3 nitrogen and oxygen atoms in total. The van der Waals surface area contributed by atoms with Gasteiger partial charge in [0, 0.05) is 12.0 Å². The summed E-state index contributed by atoms with van der Waals surface area (Å²) in [6.07, 6.45) is 5.72. The molecular weight excluding hydrogens is 296 g/mol. The van der Waals surface area contributed by atoms with E-state index in [0.717, 1.165) is 19.3 Å². The van der Waals surface area contributed by atoms with Gasteiger partial charge in [-0.1, -0.05) is 37.1 Å². The van der Waals surface area contributed by atoms with Crippen LogP contribution in [0.1, 0.15) is 49.1 Å². The Bertz CT molecular complexity index is 520. The van der Waals surface area contributed by atoms with E-state index in [9.17, 15) is 4.79 Å². The number of hydrogen-bond acceptors (Lipinski definition) is 2. The van der Waals surface area contributed by atoms with Crippen LogP contribution in [0.5, 0.6) is 0 Å². The van der Waals surface area contributed by atoms with Gasteiger partial charge in [-0.2, -0.15) is 0 Å². The lowest BCUT2D eigenvalue weighted by atomic mass is 9.84. The summed E-state index contributed by atoms with van der Waals surface area (Å²) in [7, 11) is 0. The fourth-order valence-electron chi connectivity index (χ4n) is 3.80. The Balaban J connectivity index is 0.00000176. The van der Waals surface area contributed by atoms with Crippen molar-refractivity contribution in [2.24, 2.45) is 17.6 Å². The maximum atomic E-state index is 12.5. The molecule has 3 N–H and O–H groups in total. The molecule has 1 amide bonds. The van der Waals surface area contributed by atoms with Gasteiger partial charge in [-0.25, -0.2) is 0 Å². The first kappa shape index (κ1) is 17.3. The van der Waals surface area contributed by atoms with Crippen LogP contribution in [0.15, 0.2) is 24.3 Å². The van der Waals surface area contributed by atoms with Crippen molar-refractivity contribution in [3.05, 3.63) is 35.4 Å². The second kappa shape index (κ2) is 7.47. The highest BCUT2D eigenvalue weighted by Gasteiger charge is 2.45. The maximum absolute atomic E-state index is 12.5. The summed E-state index contributed by atoms with van der Waals surface area (Å²) in [6.45, 7) is 2.82. The van der Waals surface area contributed by atoms with Crippen LogP contribution in [0.3, 0.4) is 0 Å². The molecule has 1 aromatic rings. The molecule has 0 saturated heterocycles. The highest BCUT2D eigenvalue weighted by molar-refractivity contribution is 5.85. The molecule has 0 aliphatic heterocycles. The van der Waals surface area contributed by atoms with Crippen molar-refractivity contribution in [2.45, 2.75) is 51.0 Å². The third-order valence-electron chi connectivity index (χ3n) is 5.25. The summed E-state index contributed by atoms with van der Waals surface area (Å²) < 4.78 is 0.